The Bertz CT molecular complexity index is 727. The van der Waals surface area contributed by atoms with E-state index in [4.69, 9.17) is 0 Å². The molecule has 132 valence electrons. The van der Waals surface area contributed by atoms with Crippen molar-refractivity contribution in [2.24, 2.45) is 0 Å². The molecule has 0 fully saturated rings. The zero-order valence-electron chi connectivity index (χ0n) is 12.0. The fourth-order valence-corrected chi connectivity index (χ4v) is 2.59. The van der Waals surface area contributed by atoms with Crippen LogP contribution in [0.15, 0.2) is 6.07 Å². The van der Waals surface area contributed by atoms with Crippen LogP contribution in [-0.2, 0) is 23.8 Å². The number of halogens is 5. The number of hydrogen-bond donors (Lipinski definition) is 0. The Morgan fingerprint density at radius 2 is 1.88 bits per heavy atom. The summed E-state index contributed by atoms with van der Waals surface area (Å²) in [4.78, 5) is 31.4. The number of ether oxygens (including phenoxy) is 1. The van der Waals surface area contributed by atoms with E-state index in [1.54, 1.807) is 0 Å². The third kappa shape index (κ3) is 6.77. The van der Waals surface area contributed by atoms with Crippen molar-refractivity contribution in [3.8, 4) is 5.75 Å². The summed E-state index contributed by atoms with van der Waals surface area (Å²) >= 11 is 10.7. The number of nitro benzene ring substituents is 2. The van der Waals surface area contributed by atoms with Gasteiger partial charge in [-0.25, -0.2) is 0 Å². The Balaban J connectivity index is 0.00000576. The SMILES string of the molecule is O=C([S-])Cc1c([N+](=O)[O-])cc(I)c(OC(F)(F)C(Br)Br)c1[N+](=O)[O-].[K+]. The minimum absolute atomic E-state index is 0. The van der Waals surface area contributed by atoms with Crippen molar-refractivity contribution in [3.05, 3.63) is 35.4 Å². The number of benzene rings is 1. The molecule has 1 aromatic carbocycles. The molecule has 0 unspecified atom stereocenters. The van der Waals surface area contributed by atoms with Crippen LogP contribution in [0.4, 0.5) is 20.2 Å². The Labute approximate surface area is 217 Å². The van der Waals surface area contributed by atoms with Gasteiger partial charge in [0.15, 0.2) is 3.74 Å². The molecule has 0 aliphatic heterocycles. The zero-order valence-corrected chi connectivity index (χ0v) is 21.3. The molecule has 1 aromatic rings. The Hall–Kier alpha value is 0.896. The molecule has 0 spiro atoms. The number of hydrogen-bond acceptors (Lipinski definition) is 7. The van der Waals surface area contributed by atoms with E-state index >= 15 is 0 Å². The molecule has 15 heteroatoms. The number of nitro groups is 2. The molecule has 0 atom stereocenters. The van der Waals surface area contributed by atoms with Gasteiger partial charge in [0.1, 0.15) is 5.56 Å². The number of rotatable bonds is 7. The summed E-state index contributed by atoms with van der Waals surface area (Å²) < 4.78 is 29.9. The van der Waals surface area contributed by atoms with E-state index < -0.39 is 53.9 Å². The number of alkyl halides is 4. The summed E-state index contributed by atoms with van der Waals surface area (Å²) in [7, 11) is 0. The van der Waals surface area contributed by atoms with E-state index in [1.807, 2.05) is 0 Å². The van der Waals surface area contributed by atoms with Gasteiger partial charge in [0.05, 0.1) is 13.4 Å². The van der Waals surface area contributed by atoms with Crippen molar-refractivity contribution in [3.63, 3.8) is 0 Å². The first-order valence-electron chi connectivity index (χ1n) is 5.57. The predicted octanol–water partition coefficient (Wildman–Crippen LogP) is 0.815. The molecular formula is C10H4Br2F2IKN2O6S. The van der Waals surface area contributed by atoms with Crippen LogP contribution in [0.3, 0.4) is 0 Å². The van der Waals surface area contributed by atoms with Crippen molar-refractivity contribution in [1.82, 2.24) is 0 Å². The molecule has 0 saturated heterocycles. The van der Waals surface area contributed by atoms with Crippen molar-refractivity contribution in [1.29, 1.82) is 0 Å². The first-order chi connectivity index (χ1) is 10.9. The molecule has 0 radical (unpaired) electrons. The third-order valence-electron chi connectivity index (χ3n) is 2.48. The van der Waals surface area contributed by atoms with Gasteiger partial charge in [0.2, 0.25) is 5.75 Å². The Kier molecular flexibility index (Phi) is 10.8. The topological polar surface area (TPSA) is 113 Å². The first kappa shape index (κ1) is 25.9. The molecule has 1 rings (SSSR count). The minimum atomic E-state index is -3.92. The van der Waals surface area contributed by atoms with Gasteiger partial charge in [-0.3, -0.25) is 20.2 Å². The fourth-order valence-electron chi connectivity index (χ4n) is 1.60. The molecule has 25 heavy (non-hydrogen) atoms. The maximum Gasteiger partial charge on any atom is 1.00 e. The number of nitrogens with zero attached hydrogens (tertiary/aromatic N) is 2. The van der Waals surface area contributed by atoms with Crippen LogP contribution in [0, 0.1) is 23.8 Å². The van der Waals surface area contributed by atoms with Gasteiger partial charge in [-0.05, 0) is 22.6 Å². The number of carbonyl (C=O) groups excluding carboxylic acids is 1. The third-order valence-corrected chi connectivity index (χ3v) is 4.49. The minimum Gasteiger partial charge on any atom is -0.742 e. The standard InChI is InChI=1S/C10H5Br2F2IN2O6S.K/c11-9(12)10(13,14)23-8-4(15)2-5(16(19)20)3(1-6(18)24)7(8)17(21)22;/h2,9H,1H2,(H,18,24);/q;+1/p-1. The summed E-state index contributed by atoms with van der Waals surface area (Å²) in [5, 5.41) is 21.3. The van der Waals surface area contributed by atoms with Crippen molar-refractivity contribution >= 4 is 83.6 Å². The van der Waals surface area contributed by atoms with Crippen LogP contribution in [0.25, 0.3) is 0 Å². The summed E-state index contributed by atoms with van der Waals surface area (Å²) in [5.41, 5.74) is -2.58. The molecule has 0 bridgehead atoms. The largest absolute Gasteiger partial charge is 1.00 e. The molecule has 0 amide bonds. The summed E-state index contributed by atoms with van der Waals surface area (Å²) in [5.74, 6) is -0.897. The predicted molar refractivity (Wildman–Crippen MR) is 95.8 cm³/mol. The second-order valence-electron chi connectivity index (χ2n) is 4.06. The van der Waals surface area contributed by atoms with Crippen LogP contribution in [0.1, 0.15) is 5.56 Å². The van der Waals surface area contributed by atoms with Crippen LogP contribution < -0.4 is 56.1 Å². The van der Waals surface area contributed by atoms with Gasteiger partial charge >= 0.3 is 63.2 Å². The summed E-state index contributed by atoms with van der Waals surface area (Å²) in [6.45, 7) is 0. The molecule has 0 saturated carbocycles. The Morgan fingerprint density at radius 1 is 1.36 bits per heavy atom. The smallest absolute Gasteiger partial charge is 0.742 e. The summed E-state index contributed by atoms with van der Waals surface area (Å²) in [6.07, 6.45) is -4.77. The van der Waals surface area contributed by atoms with E-state index in [-0.39, 0.29) is 55.0 Å². The van der Waals surface area contributed by atoms with Crippen molar-refractivity contribution in [2.45, 2.75) is 16.3 Å². The molecule has 0 aliphatic rings. The fraction of sp³-hybridized carbons (Fsp3) is 0.300. The molecule has 8 nitrogen and oxygen atoms in total. The second-order valence-corrected chi connectivity index (χ2v) is 8.74. The van der Waals surface area contributed by atoms with Crippen LogP contribution in [-0.4, -0.2) is 24.8 Å². The van der Waals surface area contributed by atoms with Crippen molar-refractivity contribution < 1.29 is 79.5 Å². The van der Waals surface area contributed by atoms with E-state index in [0.29, 0.717) is 0 Å². The van der Waals surface area contributed by atoms with E-state index in [9.17, 15) is 33.8 Å². The maximum atomic E-state index is 13.7. The van der Waals surface area contributed by atoms with Crippen molar-refractivity contribution in [2.75, 3.05) is 0 Å². The van der Waals surface area contributed by atoms with Gasteiger partial charge < -0.3 is 22.2 Å². The van der Waals surface area contributed by atoms with Crippen LogP contribution in [0.2, 0.25) is 0 Å². The normalized spacial score (nSPS) is 11.0. The average Bonchev–Trinajstić information content (AvgIpc) is 2.40. The molecule has 0 aliphatic carbocycles. The van der Waals surface area contributed by atoms with E-state index in [2.05, 4.69) is 49.2 Å². The first-order valence-corrected chi connectivity index (χ1v) is 8.89. The van der Waals surface area contributed by atoms with Gasteiger partial charge in [-0.2, -0.15) is 8.78 Å². The van der Waals surface area contributed by atoms with Crippen LogP contribution >= 0.6 is 54.5 Å². The molecule has 0 N–H and O–H groups in total. The second kappa shape index (κ2) is 10.4. The van der Waals surface area contributed by atoms with Gasteiger partial charge in [0.25, 0.3) is 5.69 Å². The van der Waals surface area contributed by atoms with Gasteiger partial charge in [0, 0.05) is 17.6 Å². The molecule has 0 aromatic heterocycles. The Morgan fingerprint density at radius 3 is 2.24 bits per heavy atom. The number of carbonyl (C=O) groups is 1. The van der Waals surface area contributed by atoms with Crippen LogP contribution in [0.5, 0.6) is 5.75 Å². The van der Waals surface area contributed by atoms with Gasteiger partial charge in [-0.15, -0.1) is 0 Å². The summed E-state index contributed by atoms with van der Waals surface area (Å²) in [6, 6.07) is 0.796. The van der Waals surface area contributed by atoms with E-state index in [0.717, 1.165) is 6.07 Å². The quantitative estimate of drug-likeness (QED) is 0.108. The maximum absolute atomic E-state index is 13.7. The molecule has 0 heterocycles. The average molecular weight is 644 g/mol. The van der Waals surface area contributed by atoms with Gasteiger partial charge in [-0.1, -0.05) is 31.9 Å². The molecular weight excluding hydrogens is 640 g/mol. The zero-order chi connectivity index (χ0) is 18.8. The monoisotopic (exact) mass is 642 g/mol. The van der Waals surface area contributed by atoms with E-state index in [1.165, 1.54) is 22.6 Å².